The third kappa shape index (κ3) is 6.38. The summed E-state index contributed by atoms with van der Waals surface area (Å²) in [6.45, 7) is 8.43. The smallest absolute Gasteiger partial charge is 0.255 e. The number of ether oxygens (including phenoxy) is 3. The van der Waals surface area contributed by atoms with E-state index in [9.17, 15) is 9.90 Å². The quantitative estimate of drug-likeness (QED) is 0.408. The number of fused-ring (bicyclic) bond motifs is 1. The minimum atomic E-state index is -0.493. The number of benzene rings is 1. The molecule has 1 amide bonds. The molecule has 0 unspecified atom stereocenters. The molecule has 0 spiro atoms. The van der Waals surface area contributed by atoms with Gasteiger partial charge in [0.1, 0.15) is 5.02 Å². The van der Waals surface area contributed by atoms with Gasteiger partial charge in [0.2, 0.25) is 0 Å². The molecule has 0 aliphatic carbocycles. The molecule has 0 radical (unpaired) electrons. The summed E-state index contributed by atoms with van der Waals surface area (Å²) >= 11 is 6.25. The highest BCUT2D eigenvalue weighted by Crippen LogP contribution is 2.43. The lowest BCUT2D eigenvalue weighted by atomic mass is 9.93. The van der Waals surface area contributed by atoms with Crippen LogP contribution in [0.25, 0.3) is 0 Å². The molecule has 8 nitrogen and oxygen atoms in total. The SMILES string of the molecule is CC(C)OCCCN1CC[C@@H](CNC(=O)c2cc(N)c(Cl)c3c2OCCCO3)[C@H](O)C1. The lowest BCUT2D eigenvalue weighted by Crippen LogP contribution is -2.48. The van der Waals surface area contributed by atoms with Gasteiger partial charge >= 0.3 is 0 Å². The Morgan fingerprint density at radius 2 is 2.13 bits per heavy atom. The van der Waals surface area contributed by atoms with E-state index in [1.54, 1.807) is 0 Å². The number of carbonyl (C=O) groups excluding carboxylic acids is 1. The highest BCUT2D eigenvalue weighted by molar-refractivity contribution is 6.35. The minimum absolute atomic E-state index is 0.00691. The summed E-state index contributed by atoms with van der Waals surface area (Å²) in [5, 5.41) is 13.8. The Hall–Kier alpha value is -1.74. The molecule has 9 heteroatoms. The molecule has 4 N–H and O–H groups in total. The number of halogens is 1. The molecule has 2 aliphatic rings. The zero-order valence-corrected chi connectivity index (χ0v) is 19.1. The van der Waals surface area contributed by atoms with Crippen molar-refractivity contribution >= 4 is 23.2 Å². The normalized spacial score (nSPS) is 21.7. The predicted molar refractivity (Wildman–Crippen MR) is 120 cm³/mol. The van der Waals surface area contributed by atoms with Crippen LogP contribution in [0, 0.1) is 5.92 Å². The second-order valence-electron chi connectivity index (χ2n) is 8.44. The van der Waals surface area contributed by atoms with Crippen molar-refractivity contribution in [2.45, 2.75) is 45.3 Å². The molecule has 0 bridgehead atoms. The monoisotopic (exact) mass is 455 g/mol. The Bertz CT molecular complexity index is 761. The summed E-state index contributed by atoms with van der Waals surface area (Å²) in [5.41, 5.74) is 6.55. The fourth-order valence-corrected chi connectivity index (χ4v) is 4.09. The van der Waals surface area contributed by atoms with Gasteiger partial charge in [0.15, 0.2) is 11.5 Å². The van der Waals surface area contributed by atoms with Gasteiger partial charge in [-0.25, -0.2) is 0 Å². The van der Waals surface area contributed by atoms with Crippen LogP contribution in [0.4, 0.5) is 5.69 Å². The first kappa shape index (κ1) is 23.9. The van der Waals surface area contributed by atoms with Gasteiger partial charge in [-0.3, -0.25) is 4.79 Å². The van der Waals surface area contributed by atoms with E-state index in [0.29, 0.717) is 49.8 Å². The minimum Gasteiger partial charge on any atom is -0.489 e. The van der Waals surface area contributed by atoms with Crippen LogP contribution < -0.4 is 20.5 Å². The number of nitrogens with two attached hydrogens (primary N) is 1. The molecule has 1 aromatic rings. The van der Waals surface area contributed by atoms with Gasteiger partial charge in [-0.2, -0.15) is 0 Å². The molecule has 2 heterocycles. The zero-order chi connectivity index (χ0) is 22.4. The molecule has 2 atom stereocenters. The number of piperidine rings is 1. The lowest BCUT2D eigenvalue weighted by molar-refractivity contribution is 0.0145. The van der Waals surface area contributed by atoms with Crippen LogP contribution in [0.3, 0.4) is 0 Å². The van der Waals surface area contributed by atoms with Crippen LogP contribution in [0.2, 0.25) is 5.02 Å². The summed E-state index contributed by atoms with van der Waals surface area (Å²) in [7, 11) is 0. The number of nitrogens with zero attached hydrogens (tertiary/aromatic N) is 1. The number of carbonyl (C=O) groups is 1. The lowest BCUT2D eigenvalue weighted by Gasteiger charge is -2.36. The first-order valence-electron chi connectivity index (χ1n) is 11.0. The fraction of sp³-hybridized carbons (Fsp3) is 0.682. The molecule has 2 aliphatic heterocycles. The van der Waals surface area contributed by atoms with E-state index < -0.39 is 6.10 Å². The number of nitrogens with one attached hydrogen (secondary N) is 1. The number of rotatable bonds is 8. The molecule has 3 rings (SSSR count). The van der Waals surface area contributed by atoms with E-state index in [-0.39, 0.29) is 28.6 Å². The molecule has 174 valence electrons. The van der Waals surface area contributed by atoms with Gasteiger partial charge in [0.25, 0.3) is 5.91 Å². The maximum atomic E-state index is 12.9. The predicted octanol–water partition coefficient (Wildman–Crippen LogP) is 2.31. The number of β-amino-alcohol motifs (C(OH)–C–C–N with tert-alkyl or cyclic N) is 1. The van der Waals surface area contributed by atoms with Crippen molar-refractivity contribution in [3.8, 4) is 11.5 Å². The number of nitrogen functional groups attached to an aromatic ring is 1. The van der Waals surface area contributed by atoms with E-state index in [2.05, 4.69) is 10.2 Å². The molecule has 0 aromatic heterocycles. The summed E-state index contributed by atoms with van der Waals surface area (Å²) < 4.78 is 17.0. The van der Waals surface area contributed by atoms with Crippen molar-refractivity contribution in [2.24, 2.45) is 5.92 Å². The van der Waals surface area contributed by atoms with Gasteiger partial charge in [0.05, 0.1) is 36.7 Å². The maximum absolute atomic E-state index is 12.9. The number of hydrogen-bond acceptors (Lipinski definition) is 7. The largest absolute Gasteiger partial charge is 0.489 e. The van der Waals surface area contributed by atoms with E-state index >= 15 is 0 Å². The van der Waals surface area contributed by atoms with Crippen LogP contribution in [-0.4, -0.2) is 74.1 Å². The number of anilines is 1. The van der Waals surface area contributed by atoms with Crippen LogP contribution in [-0.2, 0) is 4.74 Å². The molecule has 1 aromatic carbocycles. The van der Waals surface area contributed by atoms with Crippen molar-refractivity contribution < 1.29 is 24.1 Å². The topological polar surface area (TPSA) is 106 Å². The van der Waals surface area contributed by atoms with Crippen LogP contribution in [0.5, 0.6) is 11.5 Å². The number of amides is 1. The van der Waals surface area contributed by atoms with Gasteiger partial charge in [-0.15, -0.1) is 0 Å². The molecule has 0 saturated carbocycles. The van der Waals surface area contributed by atoms with Gasteiger partial charge < -0.3 is 35.3 Å². The van der Waals surface area contributed by atoms with Crippen molar-refractivity contribution in [2.75, 3.05) is 51.7 Å². The summed E-state index contributed by atoms with van der Waals surface area (Å²) in [6.07, 6.45) is 2.19. The Labute approximate surface area is 189 Å². The van der Waals surface area contributed by atoms with Crippen molar-refractivity contribution in [1.82, 2.24) is 10.2 Å². The second-order valence-corrected chi connectivity index (χ2v) is 8.81. The van der Waals surface area contributed by atoms with Crippen molar-refractivity contribution in [3.63, 3.8) is 0 Å². The highest BCUT2D eigenvalue weighted by Gasteiger charge is 2.29. The standard InChI is InChI=1S/C22H34ClN3O5/c1-14(2)29-8-3-6-26-7-5-15(18(27)13-26)12-25-22(28)16-11-17(24)19(23)21-20(16)30-9-4-10-31-21/h11,14-15,18,27H,3-10,12-13,24H2,1-2H3,(H,25,28)/t15-,18+/m0/s1. The summed E-state index contributed by atoms with van der Waals surface area (Å²) in [4.78, 5) is 15.1. The van der Waals surface area contributed by atoms with Gasteiger partial charge in [-0.05, 0) is 39.3 Å². The average Bonchev–Trinajstić information content (AvgIpc) is 2.99. The van der Waals surface area contributed by atoms with Crippen molar-refractivity contribution in [3.05, 3.63) is 16.7 Å². The number of likely N-dealkylation sites (tertiary alicyclic amines) is 1. The maximum Gasteiger partial charge on any atom is 0.255 e. The van der Waals surface area contributed by atoms with Crippen LogP contribution in [0.15, 0.2) is 6.07 Å². The highest BCUT2D eigenvalue weighted by atomic mass is 35.5. The second kappa shape index (κ2) is 11.2. The van der Waals surface area contributed by atoms with E-state index in [1.165, 1.54) is 6.07 Å². The fourth-order valence-electron chi connectivity index (χ4n) is 3.90. The van der Waals surface area contributed by atoms with Crippen LogP contribution >= 0.6 is 11.6 Å². The van der Waals surface area contributed by atoms with Gasteiger partial charge in [0, 0.05) is 38.6 Å². The average molecular weight is 456 g/mol. The molecule has 31 heavy (non-hydrogen) atoms. The number of aliphatic hydroxyl groups is 1. The molecule has 1 saturated heterocycles. The number of aliphatic hydroxyl groups excluding tert-OH is 1. The van der Waals surface area contributed by atoms with E-state index in [4.69, 9.17) is 31.5 Å². The van der Waals surface area contributed by atoms with E-state index in [1.807, 2.05) is 13.8 Å². The third-order valence-corrected chi connectivity index (χ3v) is 6.02. The Morgan fingerprint density at radius 1 is 1.39 bits per heavy atom. The van der Waals surface area contributed by atoms with E-state index in [0.717, 1.165) is 32.5 Å². The zero-order valence-electron chi connectivity index (χ0n) is 18.4. The van der Waals surface area contributed by atoms with Gasteiger partial charge in [-0.1, -0.05) is 11.6 Å². The molecular weight excluding hydrogens is 422 g/mol. The molecular formula is C22H34ClN3O5. The third-order valence-electron chi connectivity index (χ3n) is 5.63. The first-order valence-corrected chi connectivity index (χ1v) is 11.4. The first-order chi connectivity index (χ1) is 14.9. The number of hydrogen-bond donors (Lipinski definition) is 3. The summed E-state index contributed by atoms with van der Waals surface area (Å²) in [6, 6.07) is 1.52. The Balaban J connectivity index is 1.53. The van der Waals surface area contributed by atoms with Crippen molar-refractivity contribution in [1.29, 1.82) is 0 Å². The molecule has 1 fully saturated rings. The Morgan fingerprint density at radius 3 is 2.84 bits per heavy atom. The Kier molecular flexibility index (Phi) is 8.66. The van der Waals surface area contributed by atoms with Crippen LogP contribution in [0.1, 0.15) is 43.5 Å². The summed E-state index contributed by atoms with van der Waals surface area (Å²) in [5.74, 6) is 0.324.